The summed E-state index contributed by atoms with van der Waals surface area (Å²) in [6.45, 7) is 4.12. The largest absolute Gasteiger partial charge is 0.504 e. The van der Waals surface area contributed by atoms with Crippen molar-refractivity contribution >= 4 is 44.6 Å². The molecule has 0 heterocycles. The molecule has 0 atom stereocenters. The summed E-state index contributed by atoms with van der Waals surface area (Å²) in [5, 5.41) is 33.4. The van der Waals surface area contributed by atoms with E-state index in [4.69, 9.17) is 23.2 Å². The van der Waals surface area contributed by atoms with Gasteiger partial charge in [0.15, 0.2) is 11.5 Å². The van der Waals surface area contributed by atoms with E-state index in [0.717, 1.165) is 6.42 Å². The predicted octanol–water partition coefficient (Wildman–Crippen LogP) is 6.17. The highest BCUT2D eigenvalue weighted by Gasteiger charge is 2.23. The fourth-order valence-corrected chi connectivity index (χ4v) is 5.18. The molecule has 0 unspecified atom stereocenters. The van der Waals surface area contributed by atoms with E-state index in [2.05, 4.69) is 19.2 Å². The van der Waals surface area contributed by atoms with Crippen LogP contribution < -0.4 is 5.32 Å². The standard InChI is InChI=1S/C25H25Cl2NO6S/c1-14(2)4-3-5-15-12-19(23(30)24(31)22(15)29)25(32)28-21-11-10-18(13-20(21)27)35(33,34)17-8-6-16(26)7-9-17/h6-14,29-31H,3-5H2,1-2H3,(H,28,32). The summed E-state index contributed by atoms with van der Waals surface area (Å²) in [7, 11) is -3.87. The van der Waals surface area contributed by atoms with Gasteiger partial charge in [0.1, 0.15) is 0 Å². The first-order valence-electron chi connectivity index (χ1n) is 10.8. The number of hydrogen-bond donors (Lipinski definition) is 4. The molecule has 0 bridgehead atoms. The number of rotatable bonds is 8. The smallest absolute Gasteiger partial charge is 0.259 e. The van der Waals surface area contributed by atoms with Crippen molar-refractivity contribution in [1.29, 1.82) is 0 Å². The number of phenols is 3. The zero-order chi connectivity index (χ0) is 25.9. The van der Waals surface area contributed by atoms with Crippen LogP contribution in [0.2, 0.25) is 10.0 Å². The highest BCUT2D eigenvalue weighted by atomic mass is 35.5. The Labute approximate surface area is 213 Å². The van der Waals surface area contributed by atoms with Crippen molar-refractivity contribution in [3.63, 3.8) is 0 Å². The molecule has 0 radical (unpaired) electrons. The summed E-state index contributed by atoms with van der Waals surface area (Å²) in [6, 6.07) is 10.8. The molecule has 0 spiro atoms. The number of phenolic OH excluding ortho intramolecular Hbond substituents is 3. The van der Waals surface area contributed by atoms with Gasteiger partial charge >= 0.3 is 0 Å². The first-order chi connectivity index (χ1) is 16.4. The Morgan fingerprint density at radius 1 is 0.914 bits per heavy atom. The van der Waals surface area contributed by atoms with Gasteiger partial charge in [0.05, 0.1) is 26.1 Å². The molecule has 35 heavy (non-hydrogen) atoms. The normalized spacial score (nSPS) is 11.6. The zero-order valence-electron chi connectivity index (χ0n) is 19.0. The monoisotopic (exact) mass is 537 g/mol. The first kappa shape index (κ1) is 26.7. The molecule has 3 aromatic rings. The lowest BCUT2D eigenvalue weighted by molar-refractivity contribution is 0.102. The van der Waals surface area contributed by atoms with Crippen molar-refractivity contribution in [2.45, 2.75) is 42.9 Å². The van der Waals surface area contributed by atoms with E-state index in [0.29, 0.717) is 29.3 Å². The summed E-state index contributed by atoms with van der Waals surface area (Å²) in [5.41, 5.74) is 0.162. The number of benzene rings is 3. The van der Waals surface area contributed by atoms with Crippen molar-refractivity contribution in [3.8, 4) is 17.2 Å². The second kappa shape index (κ2) is 10.8. The number of nitrogens with one attached hydrogen (secondary N) is 1. The van der Waals surface area contributed by atoms with Gasteiger partial charge in [-0.3, -0.25) is 4.79 Å². The van der Waals surface area contributed by atoms with Gasteiger partial charge in [0.2, 0.25) is 15.6 Å². The van der Waals surface area contributed by atoms with Crippen LogP contribution in [0.5, 0.6) is 17.2 Å². The number of amides is 1. The number of sulfone groups is 1. The van der Waals surface area contributed by atoms with Crippen LogP contribution in [0.15, 0.2) is 58.3 Å². The van der Waals surface area contributed by atoms with Crippen LogP contribution in [-0.2, 0) is 16.3 Å². The topological polar surface area (TPSA) is 124 Å². The summed E-state index contributed by atoms with van der Waals surface area (Å²) in [5.74, 6) is -2.38. The number of anilines is 1. The van der Waals surface area contributed by atoms with E-state index >= 15 is 0 Å². The van der Waals surface area contributed by atoms with Crippen molar-refractivity contribution in [2.24, 2.45) is 5.92 Å². The molecule has 0 aliphatic carbocycles. The quantitative estimate of drug-likeness (QED) is 0.254. The molecule has 0 aliphatic heterocycles. The highest BCUT2D eigenvalue weighted by molar-refractivity contribution is 7.91. The van der Waals surface area contributed by atoms with Gasteiger partial charge in [-0.15, -0.1) is 0 Å². The van der Waals surface area contributed by atoms with E-state index in [-0.39, 0.29) is 26.1 Å². The minimum absolute atomic E-state index is 0.0317. The Hall–Kier alpha value is -2.94. The maximum absolute atomic E-state index is 12.9. The SMILES string of the molecule is CC(C)CCCc1cc(C(=O)Nc2ccc(S(=O)(=O)c3ccc(Cl)cc3)cc2Cl)c(O)c(O)c1O. The summed E-state index contributed by atoms with van der Waals surface area (Å²) < 4.78 is 25.7. The second-order valence-corrected chi connectivity index (χ2v) is 11.3. The average Bonchev–Trinajstić information content (AvgIpc) is 2.80. The van der Waals surface area contributed by atoms with Crippen molar-refractivity contribution in [3.05, 3.63) is 69.7 Å². The molecule has 0 fully saturated rings. The van der Waals surface area contributed by atoms with Crippen LogP contribution in [0.3, 0.4) is 0 Å². The molecule has 0 aromatic heterocycles. The molecule has 0 aliphatic rings. The molecule has 10 heteroatoms. The summed E-state index contributed by atoms with van der Waals surface area (Å²) in [6.07, 6.45) is 1.99. The zero-order valence-corrected chi connectivity index (χ0v) is 21.4. The number of carbonyl (C=O) groups is 1. The third-order valence-electron chi connectivity index (χ3n) is 5.42. The fraction of sp³-hybridized carbons (Fsp3) is 0.240. The molecular weight excluding hydrogens is 513 g/mol. The van der Waals surface area contributed by atoms with Crippen LogP contribution >= 0.6 is 23.2 Å². The third kappa shape index (κ3) is 6.01. The lowest BCUT2D eigenvalue weighted by atomic mass is 9.99. The Kier molecular flexibility index (Phi) is 8.20. The maximum atomic E-state index is 12.9. The van der Waals surface area contributed by atoms with Gasteiger partial charge in [-0.1, -0.05) is 43.5 Å². The second-order valence-electron chi connectivity index (χ2n) is 8.47. The lowest BCUT2D eigenvalue weighted by Crippen LogP contribution is -2.13. The molecule has 186 valence electrons. The third-order valence-corrected chi connectivity index (χ3v) is 7.75. The molecular formula is C25H25Cl2NO6S. The Morgan fingerprint density at radius 3 is 2.14 bits per heavy atom. The average molecular weight is 538 g/mol. The van der Waals surface area contributed by atoms with Gasteiger partial charge in [-0.25, -0.2) is 8.42 Å². The summed E-state index contributed by atoms with van der Waals surface area (Å²) >= 11 is 12.1. The molecule has 4 N–H and O–H groups in total. The Morgan fingerprint density at radius 2 is 1.54 bits per heavy atom. The fourth-order valence-electron chi connectivity index (χ4n) is 3.47. The maximum Gasteiger partial charge on any atom is 0.259 e. The lowest BCUT2D eigenvalue weighted by Gasteiger charge is -2.14. The molecule has 1 amide bonds. The number of halogens is 2. The Bertz CT molecular complexity index is 1360. The van der Waals surface area contributed by atoms with E-state index in [1.54, 1.807) is 0 Å². The molecule has 0 saturated carbocycles. The molecule has 0 saturated heterocycles. The predicted molar refractivity (Wildman–Crippen MR) is 136 cm³/mol. The summed E-state index contributed by atoms with van der Waals surface area (Å²) in [4.78, 5) is 12.8. The minimum Gasteiger partial charge on any atom is -0.504 e. The molecule has 3 rings (SSSR count). The van der Waals surface area contributed by atoms with Crippen LogP contribution in [-0.4, -0.2) is 29.6 Å². The molecule has 7 nitrogen and oxygen atoms in total. The van der Waals surface area contributed by atoms with Crippen LogP contribution in [0, 0.1) is 5.92 Å². The van der Waals surface area contributed by atoms with Crippen molar-refractivity contribution in [1.82, 2.24) is 0 Å². The van der Waals surface area contributed by atoms with Crippen molar-refractivity contribution < 1.29 is 28.5 Å². The number of aromatic hydroxyl groups is 3. The van der Waals surface area contributed by atoms with Gasteiger partial charge in [0, 0.05) is 5.02 Å². The number of carbonyl (C=O) groups excluding carboxylic acids is 1. The first-order valence-corrected chi connectivity index (χ1v) is 13.0. The molecule has 3 aromatic carbocycles. The van der Waals surface area contributed by atoms with E-state index < -0.39 is 33.0 Å². The minimum atomic E-state index is -3.87. The number of hydrogen-bond acceptors (Lipinski definition) is 6. The van der Waals surface area contributed by atoms with E-state index in [9.17, 15) is 28.5 Å². The van der Waals surface area contributed by atoms with Crippen LogP contribution in [0.1, 0.15) is 42.6 Å². The number of aryl methyl sites for hydroxylation is 1. The van der Waals surface area contributed by atoms with E-state index in [1.807, 2.05) is 0 Å². The van der Waals surface area contributed by atoms with Crippen LogP contribution in [0.25, 0.3) is 0 Å². The van der Waals surface area contributed by atoms with E-state index in [1.165, 1.54) is 48.5 Å². The van der Waals surface area contributed by atoms with Gasteiger partial charge in [0.25, 0.3) is 5.91 Å². The highest BCUT2D eigenvalue weighted by Crippen LogP contribution is 2.41. The van der Waals surface area contributed by atoms with Gasteiger partial charge in [-0.2, -0.15) is 0 Å². The Balaban J connectivity index is 1.86. The van der Waals surface area contributed by atoms with Gasteiger partial charge < -0.3 is 20.6 Å². The van der Waals surface area contributed by atoms with Gasteiger partial charge in [-0.05, 0) is 72.9 Å². The van der Waals surface area contributed by atoms with Crippen LogP contribution in [0.4, 0.5) is 5.69 Å². The van der Waals surface area contributed by atoms with Crippen molar-refractivity contribution in [2.75, 3.05) is 5.32 Å².